The van der Waals surface area contributed by atoms with Gasteiger partial charge in [-0.2, -0.15) is 0 Å². The van der Waals surface area contributed by atoms with Gasteiger partial charge in [0, 0.05) is 42.4 Å². The second-order valence-electron chi connectivity index (χ2n) is 7.40. The molecule has 1 fully saturated rings. The Balaban J connectivity index is 1.39. The van der Waals surface area contributed by atoms with Gasteiger partial charge in [-0.15, -0.1) is 11.3 Å². The molecule has 150 valence electrons. The molecule has 0 aliphatic carbocycles. The molecular formula is C24H26N2O2S. The predicted octanol–water partition coefficient (Wildman–Crippen LogP) is 5.18. The minimum Gasteiger partial charge on any atom is -0.377 e. The van der Waals surface area contributed by atoms with Crippen LogP contribution in [0.4, 0.5) is 5.69 Å². The fraction of sp³-hybridized carbons (Fsp3) is 0.292. The van der Waals surface area contributed by atoms with Crippen molar-refractivity contribution in [2.75, 3.05) is 18.5 Å². The fourth-order valence-corrected chi connectivity index (χ4v) is 4.37. The van der Waals surface area contributed by atoms with E-state index in [1.807, 2.05) is 42.5 Å². The largest absolute Gasteiger partial charge is 0.377 e. The highest BCUT2D eigenvalue weighted by molar-refractivity contribution is 7.09. The van der Waals surface area contributed by atoms with Crippen molar-refractivity contribution < 1.29 is 9.53 Å². The monoisotopic (exact) mass is 406 g/mol. The number of rotatable bonds is 8. The number of nitrogens with one attached hydrogen (secondary N) is 1. The smallest absolute Gasteiger partial charge is 0.255 e. The SMILES string of the molecule is O=C(Nc1ccccc1)c1ccc(CN(Cc2cccs2)C[C@H]2CCCO2)cc1. The zero-order valence-electron chi connectivity index (χ0n) is 16.4. The molecular weight excluding hydrogens is 380 g/mol. The number of hydrogen-bond donors (Lipinski definition) is 1. The van der Waals surface area contributed by atoms with E-state index in [9.17, 15) is 4.79 Å². The molecule has 1 aromatic heterocycles. The van der Waals surface area contributed by atoms with Gasteiger partial charge in [-0.1, -0.05) is 36.4 Å². The summed E-state index contributed by atoms with van der Waals surface area (Å²) in [4.78, 5) is 16.3. The Morgan fingerprint density at radius 3 is 2.55 bits per heavy atom. The molecule has 1 N–H and O–H groups in total. The Hall–Kier alpha value is -2.47. The summed E-state index contributed by atoms with van der Waals surface area (Å²) in [6.45, 7) is 3.59. The van der Waals surface area contributed by atoms with E-state index in [4.69, 9.17) is 4.74 Å². The minimum atomic E-state index is -0.0856. The van der Waals surface area contributed by atoms with Crippen molar-refractivity contribution in [3.8, 4) is 0 Å². The molecule has 4 nitrogen and oxygen atoms in total. The number of ether oxygens (including phenoxy) is 1. The van der Waals surface area contributed by atoms with E-state index in [2.05, 4.69) is 39.9 Å². The molecule has 1 amide bonds. The first kappa shape index (κ1) is 19.8. The van der Waals surface area contributed by atoms with Gasteiger partial charge in [0.2, 0.25) is 0 Å². The quantitative estimate of drug-likeness (QED) is 0.560. The van der Waals surface area contributed by atoms with Crippen molar-refractivity contribution in [1.82, 2.24) is 4.90 Å². The first-order chi connectivity index (χ1) is 14.3. The first-order valence-corrected chi connectivity index (χ1v) is 11.0. The third-order valence-electron chi connectivity index (χ3n) is 5.10. The summed E-state index contributed by atoms with van der Waals surface area (Å²) in [7, 11) is 0. The van der Waals surface area contributed by atoms with Crippen LogP contribution in [0.3, 0.4) is 0 Å². The third kappa shape index (κ3) is 5.76. The molecule has 3 aromatic rings. The van der Waals surface area contributed by atoms with Crippen LogP contribution < -0.4 is 5.32 Å². The van der Waals surface area contributed by atoms with Gasteiger partial charge in [-0.25, -0.2) is 0 Å². The highest BCUT2D eigenvalue weighted by Gasteiger charge is 2.20. The molecule has 1 aliphatic heterocycles. The molecule has 5 heteroatoms. The Morgan fingerprint density at radius 1 is 1.03 bits per heavy atom. The van der Waals surface area contributed by atoms with Crippen molar-refractivity contribution in [2.24, 2.45) is 0 Å². The van der Waals surface area contributed by atoms with Crippen LogP contribution >= 0.6 is 11.3 Å². The number of thiophene rings is 1. The number of amides is 1. The highest BCUT2D eigenvalue weighted by atomic mass is 32.1. The van der Waals surface area contributed by atoms with Gasteiger partial charge in [0.05, 0.1) is 6.10 Å². The molecule has 0 saturated carbocycles. The summed E-state index contributed by atoms with van der Waals surface area (Å²) in [6.07, 6.45) is 2.62. The summed E-state index contributed by atoms with van der Waals surface area (Å²) >= 11 is 1.79. The van der Waals surface area contributed by atoms with Crippen LogP contribution in [-0.2, 0) is 17.8 Å². The van der Waals surface area contributed by atoms with Crippen molar-refractivity contribution >= 4 is 22.9 Å². The molecule has 4 rings (SSSR count). The molecule has 0 radical (unpaired) electrons. The van der Waals surface area contributed by atoms with E-state index in [0.29, 0.717) is 11.7 Å². The number of hydrogen-bond acceptors (Lipinski definition) is 4. The van der Waals surface area contributed by atoms with Crippen LogP contribution in [-0.4, -0.2) is 30.1 Å². The fourth-order valence-electron chi connectivity index (χ4n) is 3.63. The number of anilines is 1. The van der Waals surface area contributed by atoms with Crippen molar-refractivity contribution in [3.05, 3.63) is 88.1 Å². The van der Waals surface area contributed by atoms with Crippen molar-refractivity contribution in [2.45, 2.75) is 32.0 Å². The number of benzene rings is 2. The second-order valence-corrected chi connectivity index (χ2v) is 8.43. The van der Waals surface area contributed by atoms with E-state index >= 15 is 0 Å². The predicted molar refractivity (Wildman–Crippen MR) is 118 cm³/mol. The molecule has 2 aromatic carbocycles. The van der Waals surface area contributed by atoms with Crippen molar-refractivity contribution in [3.63, 3.8) is 0 Å². The van der Waals surface area contributed by atoms with E-state index in [1.54, 1.807) is 11.3 Å². The van der Waals surface area contributed by atoms with Crippen LogP contribution in [0.25, 0.3) is 0 Å². The molecule has 0 spiro atoms. The molecule has 0 unspecified atom stereocenters. The normalized spacial score (nSPS) is 16.2. The maximum absolute atomic E-state index is 12.5. The first-order valence-electron chi connectivity index (χ1n) is 10.1. The topological polar surface area (TPSA) is 41.6 Å². The summed E-state index contributed by atoms with van der Waals surface area (Å²) in [5.41, 5.74) is 2.68. The molecule has 29 heavy (non-hydrogen) atoms. The van der Waals surface area contributed by atoms with Gasteiger partial charge in [0.15, 0.2) is 0 Å². The van der Waals surface area contributed by atoms with Crippen LogP contribution in [0.5, 0.6) is 0 Å². The van der Waals surface area contributed by atoms with Crippen LogP contribution in [0.1, 0.15) is 33.6 Å². The summed E-state index contributed by atoms with van der Waals surface area (Å²) in [6, 6.07) is 21.7. The summed E-state index contributed by atoms with van der Waals surface area (Å²) in [5.74, 6) is -0.0856. The lowest BCUT2D eigenvalue weighted by atomic mass is 10.1. The Bertz CT molecular complexity index is 888. The minimum absolute atomic E-state index is 0.0856. The Labute approximate surface area is 176 Å². The van der Waals surface area contributed by atoms with Crippen LogP contribution in [0.15, 0.2) is 72.1 Å². The van der Waals surface area contributed by atoms with E-state index in [0.717, 1.165) is 44.8 Å². The molecule has 0 bridgehead atoms. The van der Waals surface area contributed by atoms with Gasteiger partial charge < -0.3 is 10.1 Å². The number of carbonyl (C=O) groups is 1. The highest BCUT2D eigenvalue weighted by Crippen LogP contribution is 2.19. The van der Waals surface area contributed by atoms with E-state index < -0.39 is 0 Å². The molecule has 1 saturated heterocycles. The lowest BCUT2D eigenvalue weighted by Crippen LogP contribution is -2.31. The van der Waals surface area contributed by atoms with Gasteiger partial charge in [0.25, 0.3) is 5.91 Å². The number of para-hydroxylation sites is 1. The number of nitrogens with zero attached hydrogens (tertiary/aromatic N) is 1. The molecule has 1 aliphatic rings. The average Bonchev–Trinajstić information content (AvgIpc) is 3.44. The summed E-state index contributed by atoms with van der Waals surface area (Å²) in [5, 5.41) is 5.06. The zero-order chi connectivity index (χ0) is 19.9. The standard InChI is InChI=1S/C24H26N2O2S/c27-24(25-21-6-2-1-3-7-21)20-12-10-19(11-13-20)16-26(17-22-8-4-14-28-22)18-23-9-5-15-29-23/h1-3,5-7,9-13,15,22H,4,8,14,16-18H2,(H,25,27)/t22-/m1/s1. The van der Waals surface area contributed by atoms with E-state index in [-0.39, 0.29) is 5.91 Å². The van der Waals surface area contributed by atoms with Gasteiger partial charge in [-0.3, -0.25) is 9.69 Å². The Morgan fingerprint density at radius 2 is 1.86 bits per heavy atom. The molecule has 1 atom stereocenters. The maximum atomic E-state index is 12.5. The Kier molecular flexibility index (Phi) is 6.72. The van der Waals surface area contributed by atoms with Gasteiger partial charge in [0.1, 0.15) is 0 Å². The summed E-state index contributed by atoms with van der Waals surface area (Å²) < 4.78 is 5.86. The maximum Gasteiger partial charge on any atom is 0.255 e. The van der Waals surface area contributed by atoms with Gasteiger partial charge in [-0.05, 0) is 54.1 Å². The zero-order valence-corrected chi connectivity index (χ0v) is 17.2. The molecule has 2 heterocycles. The van der Waals surface area contributed by atoms with Gasteiger partial charge >= 0.3 is 0 Å². The van der Waals surface area contributed by atoms with Crippen LogP contribution in [0, 0.1) is 0 Å². The van der Waals surface area contributed by atoms with E-state index in [1.165, 1.54) is 10.4 Å². The van der Waals surface area contributed by atoms with Crippen molar-refractivity contribution in [1.29, 1.82) is 0 Å². The average molecular weight is 407 g/mol. The lowest BCUT2D eigenvalue weighted by molar-refractivity contribution is 0.0682. The van der Waals surface area contributed by atoms with Crippen LogP contribution in [0.2, 0.25) is 0 Å². The number of carbonyl (C=O) groups excluding carboxylic acids is 1. The lowest BCUT2D eigenvalue weighted by Gasteiger charge is -2.25. The second kappa shape index (κ2) is 9.83. The third-order valence-corrected chi connectivity index (χ3v) is 5.96.